The van der Waals surface area contributed by atoms with Crippen LogP contribution in [0, 0.1) is 0 Å². The molecule has 0 aliphatic carbocycles. The van der Waals surface area contributed by atoms with Crippen LogP contribution in [-0.2, 0) is 0 Å². The molecule has 150 valence electrons. The van der Waals surface area contributed by atoms with Crippen molar-refractivity contribution in [2.24, 2.45) is 0 Å². The number of rotatable bonds is 4. The maximum atomic E-state index is 12.9. The lowest BCUT2D eigenvalue weighted by Gasteiger charge is -2.35. The number of hydrogen-bond acceptors (Lipinski definition) is 5. The van der Waals surface area contributed by atoms with E-state index in [1.165, 1.54) is 0 Å². The Balaban J connectivity index is 1.21. The Morgan fingerprint density at radius 2 is 1.47 bits per heavy atom. The Hall–Kier alpha value is -3.94. The predicted octanol–water partition coefficient (Wildman–Crippen LogP) is 2.42. The minimum absolute atomic E-state index is 0.0650. The summed E-state index contributed by atoms with van der Waals surface area (Å²) < 4.78 is 3.83. The zero-order chi connectivity index (χ0) is 20.3. The molecule has 3 aromatic heterocycles. The van der Waals surface area contributed by atoms with E-state index in [0.29, 0.717) is 18.7 Å². The second-order valence-electron chi connectivity index (χ2n) is 7.14. The van der Waals surface area contributed by atoms with Crippen molar-refractivity contribution >= 4 is 11.7 Å². The van der Waals surface area contributed by atoms with Crippen LogP contribution in [0.25, 0.3) is 11.5 Å². The summed E-state index contributed by atoms with van der Waals surface area (Å²) in [4.78, 5) is 21.0. The fourth-order valence-corrected chi connectivity index (χ4v) is 3.62. The molecule has 0 radical (unpaired) electrons. The summed E-state index contributed by atoms with van der Waals surface area (Å²) in [5.74, 6) is 1.62. The lowest BCUT2D eigenvalue weighted by molar-refractivity contribution is 0.0746. The van der Waals surface area contributed by atoms with Crippen molar-refractivity contribution in [3.8, 4) is 11.5 Å². The molecule has 8 heteroatoms. The molecule has 1 aliphatic heterocycles. The van der Waals surface area contributed by atoms with Crippen LogP contribution in [-0.4, -0.2) is 61.3 Å². The third kappa shape index (κ3) is 3.55. The van der Waals surface area contributed by atoms with Gasteiger partial charge < -0.3 is 14.4 Å². The molecule has 0 N–H and O–H groups in total. The van der Waals surface area contributed by atoms with E-state index in [1.54, 1.807) is 12.5 Å². The molecule has 0 saturated carbocycles. The van der Waals surface area contributed by atoms with E-state index in [2.05, 4.69) is 20.1 Å². The highest BCUT2D eigenvalue weighted by atomic mass is 16.2. The molecule has 0 atom stereocenters. The van der Waals surface area contributed by atoms with Gasteiger partial charge in [0, 0.05) is 62.2 Å². The van der Waals surface area contributed by atoms with Crippen molar-refractivity contribution in [2.45, 2.75) is 0 Å². The molecule has 1 amide bonds. The first kappa shape index (κ1) is 18.1. The van der Waals surface area contributed by atoms with E-state index in [-0.39, 0.29) is 5.91 Å². The molecule has 1 fully saturated rings. The predicted molar refractivity (Wildman–Crippen MR) is 113 cm³/mol. The van der Waals surface area contributed by atoms with Crippen LogP contribution in [0.1, 0.15) is 10.4 Å². The number of anilines is 1. The number of aromatic nitrogens is 5. The van der Waals surface area contributed by atoms with Gasteiger partial charge in [0.2, 0.25) is 0 Å². The maximum Gasteiger partial charge on any atom is 0.253 e. The molecule has 0 spiro atoms. The number of imidazole rings is 1. The third-order valence-corrected chi connectivity index (χ3v) is 5.31. The maximum absolute atomic E-state index is 12.9. The third-order valence-electron chi connectivity index (χ3n) is 5.31. The van der Waals surface area contributed by atoms with Gasteiger partial charge in [-0.2, -0.15) is 0 Å². The SMILES string of the molecule is O=C(c1ccc(-n2cccc2)cc1)N1CCN(c2ccc(-n3ccnc3)nn2)CC1. The zero-order valence-corrected chi connectivity index (χ0v) is 16.4. The molecular weight excluding hydrogens is 378 g/mol. The summed E-state index contributed by atoms with van der Waals surface area (Å²) in [5, 5.41) is 8.62. The topological polar surface area (TPSA) is 72.1 Å². The number of piperazine rings is 1. The van der Waals surface area contributed by atoms with Crippen LogP contribution in [0.2, 0.25) is 0 Å². The molecule has 1 aromatic carbocycles. The molecule has 30 heavy (non-hydrogen) atoms. The standard InChI is InChI=1S/C22H21N7O/c30-22(18-3-5-19(6-4-18)26-10-1-2-11-26)28-15-13-27(14-16-28)20-7-8-21(25-24-20)29-12-9-23-17-29/h1-12,17H,13-16H2. The summed E-state index contributed by atoms with van der Waals surface area (Å²) in [6.45, 7) is 2.77. The molecule has 4 aromatic rings. The van der Waals surface area contributed by atoms with Crippen molar-refractivity contribution in [3.05, 3.63) is 85.2 Å². The minimum atomic E-state index is 0.0650. The average molecular weight is 399 g/mol. The van der Waals surface area contributed by atoms with Gasteiger partial charge in [-0.1, -0.05) is 0 Å². The molecule has 1 aliphatic rings. The van der Waals surface area contributed by atoms with Crippen molar-refractivity contribution in [3.63, 3.8) is 0 Å². The Kier molecular flexibility index (Phi) is 4.72. The Morgan fingerprint density at radius 3 is 2.10 bits per heavy atom. The summed E-state index contributed by atoms with van der Waals surface area (Å²) in [6, 6.07) is 15.6. The number of amides is 1. The van der Waals surface area contributed by atoms with Crippen LogP contribution in [0.4, 0.5) is 5.82 Å². The molecule has 0 unspecified atom stereocenters. The van der Waals surface area contributed by atoms with Crippen LogP contribution >= 0.6 is 0 Å². The van der Waals surface area contributed by atoms with E-state index in [1.807, 2.05) is 81.2 Å². The fourth-order valence-electron chi connectivity index (χ4n) is 3.62. The van der Waals surface area contributed by atoms with Gasteiger partial charge in [0.1, 0.15) is 6.33 Å². The number of benzene rings is 1. The first-order chi connectivity index (χ1) is 14.8. The normalized spacial score (nSPS) is 14.1. The lowest BCUT2D eigenvalue weighted by atomic mass is 10.1. The van der Waals surface area contributed by atoms with Gasteiger partial charge in [-0.15, -0.1) is 10.2 Å². The van der Waals surface area contributed by atoms with E-state index in [9.17, 15) is 4.79 Å². The molecule has 4 heterocycles. The van der Waals surface area contributed by atoms with Gasteiger partial charge >= 0.3 is 0 Å². The van der Waals surface area contributed by atoms with Gasteiger partial charge in [0.05, 0.1) is 0 Å². The summed E-state index contributed by atoms with van der Waals surface area (Å²) >= 11 is 0. The van der Waals surface area contributed by atoms with E-state index in [4.69, 9.17) is 0 Å². The summed E-state index contributed by atoms with van der Waals surface area (Å²) in [7, 11) is 0. The quantitative estimate of drug-likeness (QED) is 0.527. The monoisotopic (exact) mass is 399 g/mol. The van der Waals surface area contributed by atoms with E-state index in [0.717, 1.165) is 30.4 Å². The summed E-state index contributed by atoms with van der Waals surface area (Å²) in [6.07, 6.45) is 9.21. The van der Waals surface area contributed by atoms with Gasteiger partial charge in [-0.25, -0.2) is 4.98 Å². The van der Waals surface area contributed by atoms with Crippen molar-refractivity contribution in [1.29, 1.82) is 0 Å². The largest absolute Gasteiger partial charge is 0.352 e. The zero-order valence-electron chi connectivity index (χ0n) is 16.4. The fraction of sp³-hybridized carbons (Fsp3) is 0.182. The Morgan fingerprint density at radius 1 is 0.767 bits per heavy atom. The van der Waals surface area contributed by atoms with E-state index >= 15 is 0 Å². The van der Waals surface area contributed by atoms with Crippen molar-refractivity contribution in [2.75, 3.05) is 31.1 Å². The van der Waals surface area contributed by atoms with Crippen LogP contribution < -0.4 is 4.90 Å². The number of carbonyl (C=O) groups is 1. The van der Waals surface area contributed by atoms with Gasteiger partial charge in [-0.05, 0) is 48.5 Å². The highest BCUT2D eigenvalue weighted by Gasteiger charge is 2.23. The second kappa shape index (κ2) is 7.82. The number of nitrogens with zero attached hydrogens (tertiary/aromatic N) is 7. The van der Waals surface area contributed by atoms with Crippen LogP contribution in [0.3, 0.4) is 0 Å². The minimum Gasteiger partial charge on any atom is -0.352 e. The molecule has 0 bridgehead atoms. The first-order valence-corrected chi connectivity index (χ1v) is 9.88. The first-order valence-electron chi connectivity index (χ1n) is 9.88. The van der Waals surface area contributed by atoms with Crippen molar-refractivity contribution < 1.29 is 4.79 Å². The number of hydrogen-bond donors (Lipinski definition) is 0. The number of carbonyl (C=O) groups excluding carboxylic acids is 1. The molecular formula is C22H21N7O. The van der Waals surface area contributed by atoms with Crippen LogP contribution in [0.15, 0.2) is 79.6 Å². The second-order valence-corrected chi connectivity index (χ2v) is 7.14. The van der Waals surface area contributed by atoms with Gasteiger partial charge in [0.15, 0.2) is 11.6 Å². The summed E-state index contributed by atoms with van der Waals surface area (Å²) in [5.41, 5.74) is 1.75. The molecule has 8 nitrogen and oxygen atoms in total. The van der Waals surface area contributed by atoms with Gasteiger partial charge in [-0.3, -0.25) is 9.36 Å². The smallest absolute Gasteiger partial charge is 0.253 e. The molecule has 5 rings (SSSR count). The van der Waals surface area contributed by atoms with Crippen molar-refractivity contribution in [1.82, 2.24) is 29.2 Å². The van der Waals surface area contributed by atoms with E-state index < -0.39 is 0 Å². The Labute approximate surface area is 174 Å². The lowest BCUT2D eigenvalue weighted by Crippen LogP contribution is -2.49. The molecule has 1 saturated heterocycles. The highest BCUT2D eigenvalue weighted by Crippen LogP contribution is 2.17. The van der Waals surface area contributed by atoms with Crippen LogP contribution in [0.5, 0.6) is 0 Å². The average Bonchev–Trinajstić information content (AvgIpc) is 3.54. The highest BCUT2D eigenvalue weighted by molar-refractivity contribution is 5.94. The Bertz CT molecular complexity index is 1100. The van der Waals surface area contributed by atoms with Gasteiger partial charge in [0.25, 0.3) is 5.91 Å².